The van der Waals surface area contributed by atoms with Gasteiger partial charge in [0, 0.05) is 62.3 Å². The van der Waals surface area contributed by atoms with E-state index in [9.17, 15) is 0 Å². The zero-order chi connectivity index (χ0) is 19.8. The lowest BCUT2D eigenvalue weighted by atomic mass is 10.2. The summed E-state index contributed by atoms with van der Waals surface area (Å²) in [7, 11) is 5.14. The van der Waals surface area contributed by atoms with Crippen LogP contribution in [0.2, 0.25) is 0 Å². The molecule has 0 aliphatic carbocycles. The average Bonchev–Trinajstić information content (AvgIpc) is 3.38. The van der Waals surface area contributed by atoms with Crippen LogP contribution >= 0.6 is 0 Å². The van der Waals surface area contributed by atoms with E-state index in [0.717, 1.165) is 60.8 Å². The number of hydrogen-bond donors (Lipinski definition) is 3. The van der Waals surface area contributed by atoms with Crippen molar-refractivity contribution in [2.24, 2.45) is 4.99 Å². The molecule has 3 rings (SSSR count). The van der Waals surface area contributed by atoms with Crippen molar-refractivity contribution < 1.29 is 9.47 Å². The van der Waals surface area contributed by atoms with Crippen LogP contribution in [0.1, 0.15) is 12.1 Å². The van der Waals surface area contributed by atoms with E-state index in [1.165, 1.54) is 5.69 Å². The van der Waals surface area contributed by atoms with Gasteiger partial charge in [0.2, 0.25) is 0 Å². The fraction of sp³-hybridized carbons (Fsp3) is 0.381. The number of ether oxygens (including phenoxy) is 2. The first-order valence-corrected chi connectivity index (χ1v) is 9.52. The quantitative estimate of drug-likeness (QED) is 0.302. The Hall–Kier alpha value is -3.09. The van der Waals surface area contributed by atoms with Gasteiger partial charge >= 0.3 is 0 Å². The predicted molar refractivity (Wildman–Crippen MR) is 114 cm³/mol. The van der Waals surface area contributed by atoms with Crippen LogP contribution in [-0.2, 0) is 13.0 Å². The lowest BCUT2D eigenvalue weighted by Crippen LogP contribution is -2.39. The molecule has 0 amide bonds. The molecule has 7 nitrogen and oxygen atoms in total. The first-order valence-electron chi connectivity index (χ1n) is 9.52. The van der Waals surface area contributed by atoms with Crippen molar-refractivity contribution in [3.63, 3.8) is 0 Å². The van der Waals surface area contributed by atoms with E-state index in [1.807, 2.05) is 24.3 Å². The number of aryl methyl sites for hydroxylation is 1. The molecule has 3 N–H and O–H groups in total. The summed E-state index contributed by atoms with van der Waals surface area (Å²) in [6.07, 6.45) is 6.05. The molecule has 0 aliphatic heterocycles. The second-order valence-electron chi connectivity index (χ2n) is 6.54. The molecule has 0 spiro atoms. The molecule has 0 fully saturated rings. The maximum atomic E-state index is 5.48. The fourth-order valence-corrected chi connectivity index (χ4v) is 3.19. The highest BCUT2D eigenvalue weighted by atomic mass is 16.5. The third-order valence-electron chi connectivity index (χ3n) is 4.65. The largest absolute Gasteiger partial charge is 0.497 e. The number of fused-ring (bicyclic) bond motifs is 1. The van der Waals surface area contributed by atoms with Crippen LogP contribution in [0.25, 0.3) is 10.9 Å². The SMILES string of the molecule is CN=C(NCCCc1cc2c(OC)cc(OC)cc2[nH]1)NCCn1cccc1. The molecular weight excluding hydrogens is 354 g/mol. The summed E-state index contributed by atoms with van der Waals surface area (Å²) in [5.74, 6) is 2.44. The van der Waals surface area contributed by atoms with Crippen molar-refractivity contribution in [1.29, 1.82) is 0 Å². The lowest BCUT2D eigenvalue weighted by Gasteiger charge is -2.12. The van der Waals surface area contributed by atoms with E-state index < -0.39 is 0 Å². The van der Waals surface area contributed by atoms with Gasteiger partial charge in [0.1, 0.15) is 11.5 Å². The minimum Gasteiger partial charge on any atom is -0.497 e. The standard InChI is InChI=1S/C21H29N5O2/c1-22-21(24-9-12-26-10-4-5-11-26)23-8-6-7-16-13-18-19(25-16)14-17(27-2)15-20(18)28-3/h4-5,10-11,13-15,25H,6-9,12H2,1-3H3,(H2,22,23,24). The molecule has 0 radical (unpaired) electrons. The molecule has 1 aromatic carbocycles. The van der Waals surface area contributed by atoms with E-state index in [2.05, 4.69) is 43.6 Å². The van der Waals surface area contributed by atoms with E-state index >= 15 is 0 Å². The van der Waals surface area contributed by atoms with Crippen molar-refractivity contribution in [3.05, 3.63) is 48.4 Å². The van der Waals surface area contributed by atoms with Gasteiger partial charge in [0.05, 0.1) is 19.7 Å². The number of nitrogens with one attached hydrogen (secondary N) is 3. The zero-order valence-corrected chi connectivity index (χ0v) is 16.8. The van der Waals surface area contributed by atoms with Gasteiger partial charge in [0.25, 0.3) is 0 Å². The minimum atomic E-state index is 0.786. The molecule has 0 aliphatic rings. The number of aromatic amines is 1. The molecule has 0 saturated heterocycles. The molecule has 7 heteroatoms. The van der Waals surface area contributed by atoms with Crippen molar-refractivity contribution >= 4 is 16.9 Å². The van der Waals surface area contributed by atoms with Crippen molar-refractivity contribution in [1.82, 2.24) is 20.2 Å². The lowest BCUT2D eigenvalue weighted by molar-refractivity contribution is 0.398. The van der Waals surface area contributed by atoms with Crippen molar-refractivity contribution in [3.8, 4) is 11.5 Å². The van der Waals surface area contributed by atoms with E-state index in [-0.39, 0.29) is 0 Å². The maximum absolute atomic E-state index is 5.48. The number of guanidine groups is 1. The summed E-state index contributed by atoms with van der Waals surface area (Å²) < 4.78 is 13.0. The number of aromatic nitrogens is 2. The summed E-state index contributed by atoms with van der Waals surface area (Å²) in [4.78, 5) is 7.74. The number of nitrogens with zero attached hydrogens (tertiary/aromatic N) is 2. The molecule has 0 saturated carbocycles. The number of H-pyrrole nitrogens is 1. The Labute approximate surface area is 165 Å². The first kappa shape index (κ1) is 19.7. The molecule has 0 unspecified atom stereocenters. The molecule has 0 bridgehead atoms. The van der Waals surface area contributed by atoms with Gasteiger partial charge in [-0.15, -0.1) is 0 Å². The summed E-state index contributed by atoms with van der Waals surface area (Å²) in [6, 6.07) is 10.1. The number of hydrogen-bond acceptors (Lipinski definition) is 3. The van der Waals surface area contributed by atoms with Gasteiger partial charge in [-0.05, 0) is 31.0 Å². The Morgan fingerprint density at radius 1 is 1.07 bits per heavy atom. The molecule has 2 aromatic heterocycles. The maximum Gasteiger partial charge on any atom is 0.191 e. The van der Waals surface area contributed by atoms with Crippen LogP contribution in [0.4, 0.5) is 0 Å². The summed E-state index contributed by atoms with van der Waals surface area (Å²) in [5, 5.41) is 7.78. The van der Waals surface area contributed by atoms with E-state index in [1.54, 1.807) is 21.3 Å². The molecule has 2 heterocycles. The van der Waals surface area contributed by atoms with Crippen molar-refractivity contribution in [2.45, 2.75) is 19.4 Å². The van der Waals surface area contributed by atoms with Gasteiger partial charge in [0.15, 0.2) is 5.96 Å². The predicted octanol–water partition coefficient (Wildman–Crippen LogP) is 2.78. The number of aliphatic imine (C=N–C) groups is 1. The number of benzene rings is 1. The van der Waals surface area contributed by atoms with Crippen LogP contribution in [-0.4, -0.2) is 49.9 Å². The van der Waals surface area contributed by atoms with Crippen LogP contribution in [0.15, 0.2) is 47.7 Å². The topological polar surface area (TPSA) is 75.6 Å². The summed E-state index contributed by atoms with van der Waals surface area (Å²) in [6.45, 7) is 2.59. The zero-order valence-electron chi connectivity index (χ0n) is 16.8. The number of rotatable bonds is 9. The minimum absolute atomic E-state index is 0.786. The second-order valence-corrected chi connectivity index (χ2v) is 6.54. The molecule has 0 atom stereocenters. The van der Waals surface area contributed by atoms with Crippen LogP contribution in [0.3, 0.4) is 0 Å². The van der Waals surface area contributed by atoms with Crippen LogP contribution in [0, 0.1) is 0 Å². The smallest absolute Gasteiger partial charge is 0.191 e. The van der Waals surface area contributed by atoms with Crippen LogP contribution in [0.5, 0.6) is 11.5 Å². The van der Waals surface area contributed by atoms with Gasteiger partial charge in [-0.2, -0.15) is 0 Å². The first-order chi connectivity index (χ1) is 13.7. The van der Waals surface area contributed by atoms with Gasteiger partial charge < -0.3 is 29.7 Å². The Morgan fingerprint density at radius 2 is 1.86 bits per heavy atom. The monoisotopic (exact) mass is 383 g/mol. The highest BCUT2D eigenvalue weighted by molar-refractivity contribution is 5.88. The highest BCUT2D eigenvalue weighted by Gasteiger charge is 2.09. The Bertz CT molecular complexity index is 899. The van der Waals surface area contributed by atoms with Gasteiger partial charge in [-0.25, -0.2) is 0 Å². The average molecular weight is 383 g/mol. The van der Waals surface area contributed by atoms with E-state index in [0.29, 0.717) is 0 Å². The highest BCUT2D eigenvalue weighted by Crippen LogP contribution is 2.31. The third kappa shape index (κ3) is 5.00. The summed E-state index contributed by atoms with van der Waals surface area (Å²) in [5.41, 5.74) is 2.21. The molecule has 150 valence electrons. The normalized spacial score (nSPS) is 11.6. The molecule has 28 heavy (non-hydrogen) atoms. The second kappa shape index (κ2) is 9.73. The summed E-state index contributed by atoms with van der Waals surface area (Å²) >= 11 is 0. The molecule has 3 aromatic rings. The Morgan fingerprint density at radius 3 is 2.57 bits per heavy atom. The third-order valence-corrected chi connectivity index (χ3v) is 4.65. The van der Waals surface area contributed by atoms with Crippen LogP contribution < -0.4 is 20.1 Å². The Kier molecular flexibility index (Phi) is 6.84. The van der Waals surface area contributed by atoms with Gasteiger partial charge in [-0.3, -0.25) is 4.99 Å². The fourth-order valence-electron chi connectivity index (χ4n) is 3.19. The van der Waals surface area contributed by atoms with Crippen molar-refractivity contribution in [2.75, 3.05) is 34.4 Å². The molecular formula is C21H29N5O2. The van der Waals surface area contributed by atoms with Gasteiger partial charge in [-0.1, -0.05) is 0 Å². The number of methoxy groups -OCH3 is 2. The van der Waals surface area contributed by atoms with E-state index in [4.69, 9.17) is 9.47 Å². The Balaban J connectivity index is 1.46.